The highest BCUT2D eigenvalue weighted by molar-refractivity contribution is 5.77. The third-order valence-corrected chi connectivity index (χ3v) is 4.44. The molecule has 2 fully saturated rings. The molecule has 5 heteroatoms. The minimum atomic E-state index is -0.835. The minimum Gasteiger partial charge on any atom is -0.481 e. The van der Waals surface area contributed by atoms with Crippen LogP contribution in [-0.2, 0) is 4.79 Å². The van der Waals surface area contributed by atoms with Crippen molar-refractivity contribution < 1.29 is 14.7 Å². The highest BCUT2D eigenvalue weighted by Crippen LogP contribution is 2.33. The number of amides is 2. The Bertz CT molecular complexity index is 360. The Morgan fingerprint density at radius 1 is 1.25 bits per heavy atom. The summed E-state index contributed by atoms with van der Waals surface area (Å²) in [5, 5.41) is 15.0. The van der Waals surface area contributed by atoms with Crippen molar-refractivity contribution in [3.05, 3.63) is 0 Å². The lowest BCUT2D eigenvalue weighted by atomic mass is 9.79. The van der Waals surface area contributed by atoms with Gasteiger partial charge < -0.3 is 15.7 Å². The van der Waals surface area contributed by atoms with Crippen LogP contribution < -0.4 is 10.6 Å². The molecule has 2 rings (SSSR count). The Morgan fingerprint density at radius 3 is 2.45 bits per heavy atom. The lowest BCUT2D eigenvalue weighted by molar-refractivity contribution is -0.139. The zero-order chi connectivity index (χ0) is 14.6. The summed E-state index contributed by atoms with van der Waals surface area (Å²) in [6.45, 7) is 2.02. The summed E-state index contributed by atoms with van der Waals surface area (Å²) < 4.78 is 0. The van der Waals surface area contributed by atoms with Crippen LogP contribution in [0.4, 0.5) is 4.79 Å². The Hall–Kier alpha value is -1.26. The van der Waals surface area contributed by atoms with Crippen LogP contribution in [0.3, 0.4) is 0 Å². The second-order valence-electron chi connectivity index (χ2n) is 6.59. The molecule has 0 aromatic rings. The molecule has 2 saturated carbocycles. The van der Waals surface area contributed by atoms with E-state index in [4.69, 9.17) is 5.11 Å². The molecule has 1 unspecified atom stereocenters. The van der Waals surface area contributed by atoms with Crippen molar-refractivity contribution in [3.8, 4) is 0 Å². The first-order valence-electron chi connectivity index (χ1n) is 7.80. The summed E-state index contributed by atoms with van der Waals surface area (Å²) >= 11 is 0. The normalized spacial score (nSPS) is 22.9. The van der Waals surface area contributed by atoms with Crippen LogP contribution in [0.2, 0.25) is 0 Å². The van der Waals surface area contributed by atoms with Crippen LogP contribution in [0.5, 0.6) is 0 Å². The standard InChI is InChI=1S/C15H26N2O3/c1-11(9-12-5-6-12)16-14(20)17-15(10-13(18)19)7-3-2-4-8-15/h11-12H,2-10H2,1H3,(H,18,19)(H2,16,17,20). The number of aliphatic carboxylic acids is 1. The highest BCUT2D eigenvalue weighted by Gasteiger charge is 2.36. The van der Waals surface area contributed by atoms with E-state index in [1.807, 2.05) is 6.92 Å². The summed E-state index contributed by atoms with van der Waals surface area (Å²) in [7, 11) is 0. The van der Waals surface area contributed by atoms with Gasteiger partial charge in [0, 0.05) is 6.04 Å². The average molecular weight is 282 g/mol. The first kappa shape index (κ1) is 15.1. The number of urea groups is 1. The maximum atomic E-state index is 12.1. The van der Waals surface area contributed by atoms with E-state index in [2.05, 4.69) is 10.6 Å². The summed E-state index contributed by atoms with van der Waals surface area (Å²) in [6, 6.07) is -0.0470. The number of carboxylic acid groups (broad SMARTS) is 1. The number of nitrogens with one attached hydrogen (secondary N) is 2. The first-order valence-corrected chi connectivity index (χ1v) is 7.80. The fraction of sp³-hybridized carbons (Fsp3) is 0.867. The van der Waals surface area contributed by atoms with E-state index < -0.39 is 11.5 Å². The number of carbonyl (C=O) groups excluding carboxylic acids is 1. The molecule has 114 valence electrons. The number of hydrogen-bond acceptors (Lipinski definition) is 2. The van der Waals surface area contributed by atoms with E-state index in [0.29, 0.717) is 0 Å². The molecule has 20 heavy (non-hydrogen) atoms. The largest absolute Gasteiger partial charge is 0.481 e. The Morgan fingerprint density at radius 2 is 1.90 bits per heavy atom. The van der Waals surface area contributed by atoms with E-state index in [1.165, 1.54) is 12.8 Å². The zero-order valence-corrected chi connectivity index (χ0v) is 12.3. The summed E-state index contributed by atoms with van der Waals surface area (Å²) in [6.07, 6.45) is 8.25. The summed E-state index contributed by atoms with van der Waals surface area (Å²) in [5.41, 5.74) is -0.548. The van der Waals surface area contributed by atoms with Crippen molar-refractivity contribution in [2.45, 2.75) is 76.3 Å². The molecule has 0 aromatic heterocycles. The lowest BCUT2D eigenvalue weighted by Crippen LogP contribution is -2.55. The third kappa shape index (κ3) is 4.69. The molecule has 0 saturated heterocycles. The molecule has 2 aliphatic rings. The van der Waals surface area contributed by atoms with E-state index in [-0.39, 0.29) is 18.5 Å². The molecule has 1 atom stereocenters. The quantitative estimate of drug-likeness (QED) is 0.700. The van der Waals surface area contributed by atoms with Crippen molar-refractivity contribution in [1.29, 1.82) is 0 Å². The van der Waals surface area contributed by atoms with Gasteiger partial charge in [0.15, 0.2) is 0 Å². The lowest BCUT2D eigenvalue weighted by Gasteiger charge is -2.37. The number of carbonyl (C=O) groups is 2. The maximum Gasteiger partial charge on any atom is 0.315 e. The van der Waals surface area contributed by atoms with E-state index in [9.17, 15) is 9.59 Å². The number of carboxylic acids is 1. The molecule has 5 nitrogen and oxygen atoms in total. The van der Waals surface area contributed by atoms with E-state index >= 15 is 0 Å². The van der Waals surface area contributed by atoms with Crippen LogP contribution in [-0.4, -0.2) is 28.7 Å². The van der Waals surface area contributed by atoms with Gasteiger partial charge in [-0.3, -0.25) is 4.79 Å². The van der Waals surface area contributed by atoms with Crippen LogP contribution in [0.15, 0.2) is 0 Å². The third-order valence-electron chi connectivity index (χ3n) is 4.44. The van der Waals surface area contributed by atoms with Crippen LogP contribution in [0, 0.1) is 5.92 Å². The maximum absolute atomic E-state index is 12.1. The average Bonchev–Trinajstić information content (AvgIpc) is 3.11. The van der Waals surface area contributed by atoms with Gasteiger partial charge in [0.25, 0.3) is 0 Å². The molecule has 0 aliphatic heterocycles. The predicted molar refractivity (Wildman–Crippen MR) is 76.5 cm³/mol. The van der Waals surface area contributed by atoms with Crippen molar-refractivity contribution >= 4 is 12.0 Å². The highest BCUT2D eigenvalue weighted by atomic mass is 16.4. The first-order chi connectivity index (χ1) is 9.49. The van der Waals surface area contributed by atoms with Crippen molar-refractivity contribution in [2.24, 2.45) is 5.92 Å². The molecule has 0 aromatic carbocycles. The Kier molecular flexibility index (Phi) is 4.89. The van der Waals surface area contributed by atoms with Crippen LogP contribution in [0.1, 0.15) is 64.7 Å². The van der Waals surface area contributed by atoms with Crippen molar-refractivity contribution in [2.75, 3.05) is 0 Å². The molecule has 2 amide bonds. The molecule has 2 aliphatic carbocycles. The summed E-state index contributed by atoms with van der Waals surface area (Å²) in [4.78, 5) is 23.2. The summed E-state index contributed by atoms with van der Waals surface area (Å²) in [5.74, 6) is -0.0637. The smallest absolute Gasteiger partial charge is 0.315 e. The SMILES string of the molecule is CC(CC1CC1)NC(=O)NC1(CC(=O)O)CCCCC1. The second kappa shape index (κ2) is 6.46. The predicted octanol–water partition coefficient (Wildman–Crippen LogP) is 2.65. The zero-order valence-electron chi connectivity index (χ0n) is 12.3. The monoisotopic (exact) mass is 282 g/mol. The van der Waals surface area contributed by atoms with Crippen molar-refractivity contribution in [3.63, 3.8) is 0 Å². The van der Waals surface area contributed by atoms with E-state index in [0.717, 1.165) is 44.4 Å². The van der Waals surface area contributed by atoms with Gasteiger partial charge in [0.1, 0.15) is 0 Å². The molecule has 0 spiro atoms. The Labute approximate surface area is 120 Å². The molecular formula is C15H26N2O3. The topological polar surface area (TPSA) is 78.4 Å². The molecule has 0 bridgehead atoms. The van der Waals surface area contributed by atoms with Gasteiger partial charge in [0.2, 0.25) is 0 Å². The molecule has 0 heterocycles. The molecule has 0 radical (unpaired) electrons. The molecule has 3 N–H and O–H groups in total. The van der Waals surface area contributed by atoms with Crippen LogP contribution in [0.25, 0.3) is 0 Å². The second-order valence-corrected chi connectivity index (χ2v) is 6.59. The van der Waals surface area contributed by atoms with Crippen LogP contribution >= 0.6 is 0 Å². The van der Waals surface area contributed by atoms with E-state index in [1.54, 1.807) is 0 Å². The van der Waals surface area contributed by atoms with Gasteiger partial charge >= 0.3 is 12.0 Å². The van der Waals surface area contributed by atoms with Gasteiger partial charge in [-0.25, -0.2) is 4.79 Å². The van der Waals surface area contributed by atoms with Gasteiger partial charge in [-0.1, -0.05) is 32.1 Å². The minimum absolute atomic E-state index is 0.0252. The van der Waals surface area contributed by atoms with Gasteiger partial charge in [-0.15, -0.1) is 0 Å². The Balaban J connectivity index is 1.85. The van der Waals surface area contributed by atoms with Gasteiger partial charge in [0.05, 0.1) is 12.0 Å². The fourth-order valence-electron chi connectivity index (χ4n) is 3.28. The molecular weight excluding hydrogens is 256 g/mol. The fourth-order valence-corrected chi connectivity index (χ4v) is 3.28. The van der Waals surface area contributed by atoms with Crippen molar-refractivity contribution in [1.82, 2.24) is 10.6 Å². The number of rotatable bonds is 6. The van der Waals surface area contributed by atoms with Gasteiger partial charge in [-0.2, -0.15) is 0 Å². The number of hydrogen-bond donors (Lipinski definition) is 3. The van der Waals surface area contributed by atoms with Gasteiger partial charge in [-0.05, 0) is 32.1 Å².